The number of aromatic nitrogens is 3. The third-order valence-electron chi connectivity index (χ3n) is 3.22. The van der Waals surface area contributed by atoms with E-state index >= 15 is 0 Å². The van der Waals surface area contributed by atoms with Crippen molar-refractivity contribution in [1.82, 2.24) is 19.9 Å². The van der Waals surface area contributed by atoms with Gasteiger partial charge in [0.2, 0.25) is 0 Å². The Hall–Kier alpha value is -2.58. The van der Waals surface area contributed by atoms with Gasteiger partial charge in [-0.15, -0.1) is 0 Å². The van der Waals surface area contributed by atoms with Gasteiger partial charge >= 0.3 is 6.03 Å². The van der Waals surface area contributed by atoms with Crippen LogP contribution in [0.3, 0.4) is 0 Å². The van der Waals surface area contributed by atoms with E-state index in [1.165, 1.54) is 9.80 Å². The molecule has 2 N–H and O–H groups in total. The molecule has 0 aliphatic rings. The number of pyridine rings is 1. The molecule has 0 fully saturated rings. The summed E-state index contributed by atoms with van der Waals surface area (Å²) in [6.07, 6.45) is 4.86. The number of urea groups is 1. The maximum Gasteiger partial charge on any atom is 0.325 e. The van der Waals surface area contributed by atoms with Crippen molar-refractivity contribution in [2.24, 2.45) is 0 Å². The molecular weight excluding hydrogens is 298 g/mol. The van der Waals surface area contributed by atoms with Gasteiger partial charge < -0.3 is 15.1 Å². The molecule has 2 aromatic rings. The summed E-state index contributed by atoms with van der Waals surface area (Å²) in [5.41, 5.74) is 0.797. The maximum atomic E-state index is 12.4. The Bertz CT molecular complexity index is 632. The minimum atomic E-state index is -0.354. The summed E-state index contributed by atoms with van der Waals surface area (Å²) in [5.74, 6) is 0.915. The highest BCUT2D eigenvalue weighted by Gasteiger charge is 2.19. The van der Waals surface area contributed by atoms with Crippen LogP contribution < -0.4 is 4.90 Å². The maximum absolute atomic E-state index is 12.4. The highest BCUT2D eigenvalue weighted by molar-refractivity contribution is 5.90. The van der Waals surface area contributed by atoms with E-state index in [2.05, 4.69) is 15.0 Å². The predicted molar refractivity (Wildman–Crippen MR) is 84.8 cm³/mol. The van der Waals surface area contributed by atoms with Crippen LogP contribution in [0.25, 0.3) is 11.4 Å². The van der Waals surface area contributed by atoms with Crippen molar-refractivity contribution in [3.05, 3.63) is 36.8 Å². The first-order valence-electron chi connectivity index (χ1n) is 7.15. The Balaban J connectivity index is 2.22. The molecule has 0 saturated carbocycles. The number of amides is 2. The average molecular weight is 317 g/mol. The molecule has 0 atom stereocenters. The molecular formula is C15H19N5O3. The molecule has 0 unspecified atom stereocenters. The molecule has 8 heteroatoms. The van der Waals surface area contributed by atoms with E-state index < -0.39 is 0 Å². The monoisotopic (exact) mass is 317 g/mol. The Labute approximate surface area is 134 Å². The van der Waals surface area contributed by atoms with E-state index in [0.717, 1.165) is 5.56 Å². The third-order valence-corrected chi connectivity index (χ3v) is 3.22. The van der Waals surface area contributed by atoms with Gasteiger partial charge in [-0.3, -0.25) is 9.88 Å². The second-order valence-electron chi connectivity index (χ2n) is 4.75. The number of carbonyl (C=O) groups excluding carboxylic acids is 1. The Morgan fingerprint density at radius 3 is 2.35 bits per heavy atom. The first-order valence-corrected chi connectivity index (χ1v) is 7.15. The van der Waals surface area contributed by atoms with Crippen molar-refractivity contribution in [2.45, 2.75) is 0 Å². The van der Waals surface area contributed by atoms with Gasteiger partial charge in [0, 0.05) is 44.3 Å². The highest BCUT2D eigenvalue weighted by atomic mass is 16.3. The minimum Gasteiger partial charge on any atom is -0.395 e. The lowest BCUT2D eigenvalue weighted by Gasteiger charge is -2.26. The van der Waals surface area contributed by atoms with Gasteiger partial charge in [-0.25, -0.2) is 14.8 Å². The van der Waals surface area contributed by atoms with Crippen LogP contribution >= 0.6 is 0 Å². The molecule has 0 saturated heterocycles. The largest absolute Gasteiger partial charge is 0.395 e. The van der Waals surface area contributed by atoms with Crippen molar-refractivity contribution >= 4 is 11.8 Å². The van der Waals surface area contributed by atoms with E-state index in [-0.39, 0.29) is 32.3 Å². The van der Waals surface area contributed by atoms with Crippen LogP contribution in [0.15, 0.2) is 36.8 Å². The first kappa shape index (κ1) is 16.8. The third kappa shape index (κ3) is 4.21. The van der Waals surface area contributed by atoms with Gasteiger partial charge in [0.25, 0.3) is 0 Å². The zero-order valence-corrected chi connectivity index (χ0v) is 12.8. The molecule has 0 radical (unpaired) electrons. The van der Waals surface area contributed by atoms with Crippen LogP contribution in [-0.4, -0.2) is 69.4 Å². The fraction of sp³-hybridized carbons (Fsp3) is 0.333. The molecule has 0 spiro atoms. The summed E-state index contributed by atoms with van der Waals surface area (Å²) in [5, 5.41) is 18.1. The van der Waals surface area contributed by atoms with Crippen LogP contribution in [0, 0.1) is 0 Å². The normalized spacial score (nSPS) is 10.4. The molecule has 2 aromatic heterocycles. The van der Waals surface area contributed by atoms with Crippen molar-refractivity contribution in [2.75, 3.05) is 38.3 Å². The molecule has 2 amide bonds. The van der Waals surface area contributed by atoms with Gasteiger partial charge in [0.1, 0.15) is 5.82 Å². The molecule has 122 valence electrons. The van der Waals surface area contributed by atoms with E-state index in [1.807, 2.05) is 0 Å². The summed E-state index contributed by atoms with van der Waals surface area (Å²) in [6.45, 7) is -0.0602. The van der Waals surface area contributed by atoms with Gasteiger partial charge in [-0.2, -0.15) is 0 Å². The topological polar surface area (TPSA) is 103 Å². The van der Waals surface area contributed by atoms with Crippen LogP contribution in [0.2, 0.25) is 0 Å². The van der Waals surface area contributed by atoms with E-state index in [9.17, 15) is 4.79 Å². The highest BCUT2D eigenvalue weighted by Crippen LogP contribution is 2.17. The Morgan fingerprint density at radius 2 is 1.74 bits per heavy atom. The predicted octanol–water partition coefficient (Wildman–Crippen LogP) is 0.381. The molecule has 2 rings (SSSR count). The van der Waals surface area contributed by atoms with Crippen LogP contribution in [-0.2, 0) is 0 Å². The fourth-order valence-electron chi connectivity index (χ4n) is 2.03. The molecule has 23 heavy (non-hydrogen) atoms. The summed E-state index contributed by atoms with van der Waals surface area (Å²) < 4.78 is 0. The molecule has 0 aliphatic carbocycles. The fourth-order valence-corrected chi connectivity index (χ4v) is 2.03. The van der Waals surface area contributed by atoms with Crippen LogP contribution in [0.1, 0.15) is 0 Å². The summed E-state index contributed by atoms with van der Waals surface area (Å²) in [6, 6.07) is 4.83. The van der Waals surface area contributed by atoms with Crippen molar-refractivity contribution in [3.8, 4) is 11.4 Å². The lowest BCUT2D eigenvalue weighted by molar-refractivity contribution is 0.164. The number of aliphatic hydroxyl groups excluding tert-OH is 2. The summed E-state index contributed by atoms with van der Waals surface area (Å²) >= 11 is 0. The lowest BCUT2D eigenvalue weighted by atomic mass is 10.2. The molecule has 0 aliphatic heterocycles. The zero-order chi connectivity index (χ0) is 16.7. The number of rotatable bonds is 6. The molecule has 2 heterocycles. The average Bonchev–Trinajstić information content (AvgIpc) is 2.61. The van der Waals surface area contributed by atoms with E-state index in [0.29, 0.717) is 11.6 Å². The molecule has 0 aromatic carbocycles. The second kappa shape index (κ2) is 8.16. The zero-order valence-electron chi connectivity index (χ0n) is 12.8. The van der Waals surface area contributed by atoms with Gasteiger partial charge in [-0.05, 0) is 18.2 Å². The SMILES string of the molecule is CN(C(=O)N(CCO)CCO)c1ccnc(-c2ccncc2)n1. The molecule has 0 bridgehead atoms. The van der Waals surface area contributed by atoms with Gasteiger partial charge in [-0.1, -0.05) is 0 Å². The number of hydrogen-bond acceptors (Lipinski definition) is 6. The van der Waals surface area contributed by atoms with Crippen molar-refractivity contribution in [1.29, 1.82) is 0 Å². The number of aliphatic hydroxyl groups is 2. The quantitative estimate of drug-likeness (QED) is 0.798. The van der Waals surface area contributed by atoms with Crippen molar-refractivity contribution < 1.29 is 15.0 Å². The number of nitrogens with zero attached hydrogens (tertiary/aromatic N) is 5. The van der Waals surface area contributed by atoms with Gasteiger partial charge in [0.05, 0.1) is 13.2 Å². The Kier molecular flexibility index (Phi) is 5.95. The van der Waals surface area contributed by atoms with E-state index in [1.54, 1.807) is 43.8 Å². The smallest absolute Gasteiger partial charge is 0.325 e. The van der Waals surface area contributed by atoms with Crippen molar-refractivity contribution in [3.63, 3.8) is 0 Å². The number of hydrogen-bond donors (Lipinski definition) is 2. The number of anilines is 1. The minimum absolute atomic E-state index is 0.145. The second-order valence-corrected chi connectivity index (χ2v) is 4.75. The van der Waals surface area contributed by atoms with Gasteiger partial charge in [0.15, 0.2) is 5.82 Å². The van der Waals surface area contributed by atoms with Crippen LogP contribution in [0.5, 0.6) is 0 Å². The van der Waals surface area contributed by atoms with Crippen LogP contribution in [0.4, 0.5) is 10.6 Å². The Morgan fingerprint density at radius 1 is 1.09 bits per heavy atom. The lowest BCUT2D eigenvalue weighted by Crippen LogP contribution is -2.44. The first-order chi connectivity index (χ1) is 11.2. The standard InChI is InChI=1S/C15H19N5O3/c1-19(15(23)20(8-10-21)9-11-22)13-4-7-17-14(18-13)12-2-5-16-6-3-12/h2-7,21-22H,8-11H2,1H3. The summed E-state index contributed by atoms with van der Waals surface area (Å²) in [4.78, 5) is 27.7. The summed E-state index contributed by atoms with van der Waals surface area (Å²) in [7, 11) is 1.59. The molecule has 8 nitrogen and oxygen atoms in total. The van der Waals surface area contributed by atoms with E-state index in [4.69, 9.17) is 10.2 Å². The number of carbonyl (C=O) groups is 1.